The van der Waals surface area contributed by atoms with E-state index in [4.69, 9.17) is 18.0 Å². The first-order valence-corrected chi connectivity index (χ1v) is 21.1. The Morgan fingerprint density at radius 1 is 0.946 bits per heavy atom. The zero-order chi connectivity index (χ0) is 38.8. The monoisotopic (exact) mass is 777 g/mol. The molecule has 1 unspecified atom stereocenters. The number of allylic oxidation sites excluding steroid dienone is 3. The highest BCUT2D eigenvalue weighted by Crippen LogP contribution is 2.46. The van der Waals surface area contributed by atoms with Gasteiger partial charge in [-0.15, -0.1) is 6.42 Å². The number of hydrogen-bond acceptors (Lipinski definition) is 8. The van der Waals surface area contributed by atoms with Crippen molar-refractivity contribution in [2.75, 3.05) is 80.6 Å². The average molecular weight is 778 g/mol. The summed E-state index contributed by atoms with van der Waals surface area (Å²) in [6, 6.07) is 16.7. The first-order valence-electron chi connectivity index (χ1n) is 20.8. The highest BCUT2D eigenvalue weighted by atomic mass is 35.5. The van der Waals surface area contributed by atoms with Gasteiger partial charge < -0.3 is 24.9 Å². The number of carbonyl (C=O) groups excluding carboxylic acids is 3. The number of nitrogens with zero attached hydrogens (tertiary/aromatic N) is 5. The molecule has 2 aromatic carbocycles. The lowest BCUT2D eigenvalue weighted by atomic mass is 9.76. The Morgan fingerprint density at radius 3 is 2.38 bits per heavy atom. The lowest BCUT2D eigenvalue weighted by molar-refractivity contribution is -0.133. The Kier molecular flexibility index (Phi) is 11.4. The van der Waals surface area contributed by atoms with E-state index in [0.29, 0.717) is 30.2 Å². The number of amides is 3. The second-order valence-electron chi connectivity index (χ2n) is 17.0. The summed E-state index contributed by atoms with van der Waals surface area (Å²) in [7, 11) is 0. The zero-order valence-electron chi connectivity index (χ0n) is 32.7. The molecule has 0 aromatic heterocycles. The van der Waals surface area contributed by atoms with Crippen molar-refractivity contribution in [2.45, 2.75) is 70.4 Å². The molecule has 11 heteroatoms. The Morgan fingerprint density at radius 2 is 1.68 bits per heavy atom. The minimum atomic E-state index is -0.386. The van der Waals surface area contributed by atoms with E-state index in [9.17, 15) is 14.4 Å². The van der Waals surface area contributed by atoms with Crippen LogP contribution in [0.25, 0.3) is 0 Å². The number of likely N-dealkylation sites (tertiary alicyclic amines) is 2. The van der Waals surface area contributed by atoms with Crippen LogP contribution >= 0.6 is 11.6 Å². The quantitative estimate of drug-likeness (QED) is 0.253. The van der Waals surface area contributed by atoms with Crippen LogP contribution in [0.4, 0.5) is 17.1 Å². The van der Waals surface area contributed by atoms with E-state index in [1.54, 1.807) is 0 Å². The van der Waals surface area contributed by atoms with Gasteiger partial charge in [0.25, 0.3) is 5.91 Å². The normalized spacial score (nSPS) is 26.1. The van der Waals surface area contributed by atoms with Crippen LogP contribution in [0.15, 0.2) is 71.4 Å². The highest BCUT2D eigenvalue weighted by molar-refractivity contribution is 6.30. The van der Waals surface area contributed by atoms with Gasteiger partial charge in [0.1, 0.15) is 6.04 Å². The van der Waals surface area contributed by atoms with Gasteiger partial charge in [-0.05, 0) is 112 Å². The minimum absolute atomic E-state index is 0.00616. The largest absolute Gasteiger partial charge is 0.374 e. The van der Waals surface area contributed by atoms with Crippen LogP contribution in [0, 0.1) is 29.6 Å². The number of carbonyl (C=O) groups is 3. The molecule has 1 aliphatic carbocycles. The minimum Gasteiger partial charge on any atom is -0.374 e. The number of rotatable bonds is 8. The second-order valence-corrected chi connectivity index (χ2v) is 17.5. The summed E-state index contributed by atoms with van der Waals surface area (Å²) in [5, 5.41) is 6.52. The van der Waals surface area contributed by atoms with Gasteiger partial charge in [-0.2, -0.15) is 0 Å². The fourth-order valence-corrected chi connectivity index (χ4v) is 10.2. The van der Waals surface area contributed by atoms with Crippen LogP contribution in [0.2, 0.25) is 0 Å². The number of halogens is 1. The SMILES string of the molecule is C#CC1CC=C(N2CC3(CCN(c4ccc(C(=O)N5CCC(CN6CCN(c7cccc(N[C@@H]8CCC(=O)NC8=O)c7)CC6)CC5)cc4)CC3)C[C@H]2C)C=C1Cl. The highest BCUT2D eigenvalue weighted by Gasteiger charge is 2.44. The van der Waals surface area contributed by atoms with E-state index in [-0.39, 0.29) is 29.7 Å². The lowest BCUT2D eigenvalue weighted by Gasteiger charge is -2.40. The van der Waals surface area contributed by atoms with Gasteiger partial charge in [0.05, 0.1) is 5.92 Å². The zero-order valence-corrected chi connectivity index (χ0v) is 33.5. The number of nitrogens with one attached hydrogen (secondary N) is 2. The molecular formula is C45H56ClN7O3. The molecule has 0 radical (unpaired) electrons. The second kappa shape index (κ2) is 16.6. The van der Waals surface area contributed by atoms with Crippen LogP contribution in [0.1, 0.15) is 68.6 Å². The third-order valence-corrected chi connectivity index (χ3v) is 13.7. The van der Waals surface area contributed by atoms with E-state index < -0.39 is 0 Å². The maximum Gasteiger partial charge on any atom is 0.253 e. The van der Waals surface area contributed by atoms with Crippen molar-refractivity contribution in [3.8, 4) is 12.3 Å². The van der Waals surface area contributed by atoms with Gasteiger partial charge in [0, 0.05) is 111 Å². The van der Waals surface area contributed by atoms with Crippen LogP contribution in [-0.4, -0.2) is 110 Å². The maximum atomic E-state index is 13.6. The van der Waals surface area contributed by atoms with E-state index in [2.05, 4.69) is 79.5 Å². The molecule has 2 N–H and O–H groups in total. The summed E-state index contributed by atoms with van der Waals surface area (Å²) in [5.41, 5.74) is 5.59. The molecule has 5 aliphatic heterocycles. The molecule has 1 spiro atoms. The molecule has 10 nitrogen and oxygen atoms in total. The lowest BCUT2D eigenvalue weighted by Crippen LogP contribution is -2.49. The van der Waals surface area contributed by atoms with Crippen molar-refractivity contribution in [1.29, 1.82) is 0 Å². The van der Waals surface area contributed by atoms with Crippen LogP contribution in [0.3, 0.4) is 0 Å². The van der Waals surface area contributed by atoms with Crippen molar-refractivity contribution in [1.82, 2.24) is 20.0 Å². The fourth-order valence-electron chi connectivity index (χ4n) is 9.96. The third-order valence-electron chi connectivity index (χ3n) is 13.4. The predicted molar refractivity (Wildman–Crippen MR) is 224 cm³/mol. The van der Waals surface area contributed by atoms with Crippen LogP contribution in [0.5, 0.6) is 0 Å². The number of anilines is 3. The Hall–Kier alpha value is -4.46. The van der Waals surface area contributed by atoms with E-state index in [1.807, 2.05) is 29.2 Å². The molecule has 0 bridgehead atoms. The summed E-state index contributed by atoms with van der Waals surface area (Å²) in [4.78, 5) is 49.4. The average Bonchev–Trinajstić information content (AvgIpc) is 3.54. The van der Waals surface area contributed by atoms with Crippen LogP contribution in [-0.2, 0) is 9.59 Å². The third kappa shape index (κ3) is 8.45. The fraction of sp³-hybridized carbons (Fsp3) is 0.533. The molecule has 0 saturated carbocycles. The van der Waals surface area contributed by atoms with Gasteiger partial charge in [0.2, 0.25) is 11.8 Å². The molecule has 3 atom stereocenters. The van der Waals surface area contributed by atoms with Crippen molar-refractivity contribution in [2.24, 2.45) is 17.3 Å². The smallest absolute Gasteiger partial charge is 0.253 e. The van der Waals surface area contributed by atoms with Crippen molar-refractivity contribution < 1.29 is 14.4 Å². The number of benzene rings is 2. The Bertz CT molecular complexity index is 1880. The molecule has 2 aromatic rings. The summed E-state index contributed by atoms with van der Waals surface area (Å²) in [6.45, 7) is 12.1. The Balaban J connectivity index is 0.758. The molecule has 5 heterocycles. The number of piperazine rings is 1. The molecule has 8 rings (SSSR count). The summed E-state index contributed by atoms with van der Waals surface area (Å²) in [5.74, 6) is 3.10. The molecule has 5 fully saturated rings. The summed E-state index contributed by atoms with van der Waals surface area (Å²) < 4.78 is 0. The van der Waals surface area contributed by atoms with E-state index in [0.717, 1.165) is 120 Å². The number of hydrogen-bond donors (Lipinski definition) is 2. The summed E-state index contributed by atoms with van der Waals surface area (Å²) >= 11 is 6.53. The molecule has 6 aliphatic rings. The van der Waals surface area contributed by atoms with Gasteiger partial charge in [-0.3, -0.25) is 24.6 Å². The molecule has 5 saturated heterocycles. The van der Waals surface area contributed by atoms with Crippen LogP contribution < -0.4 is 20.4 Å². The van der Waals surface area contributed by atoms with Crippen molar-refractivity contribution in [3.63, 3.8) is 0 Å². The first kappa shape index (κ1) is 38.4. The van der Waals surface area contributed by atoms with E-state index >= 15 is 0 Å². The standard InChI is InChI=1S/C45H56ClN7O3/c1-3-34-7-12-39(28-40(34)46)53-31-45(29-32(53)2)17-21-50(22-18-45)37-10-8-35(9-11-37)44(56)52-19-15-33(16-20-52)30-49-23-25-51(26-24-49)38-6-4-5-36(27-38)47-41-13-14-42(54)48-43(41)55/h1,4-6,8-12,27-28,32-34,41,47H,7,13-26,29-31H2,2H3,(H,48,54,55)/t32-,34?,41-/m1/s1. The summed E-state index contributed by atoms with van der Waals surface area (Å²) in [6.07, 6.45) is 17.3. The van der Waals surface area contributed by atoms with Gasteiger partial charge >= 0.3 is 0 Å². The van der Waals surface area contributed by atoms with Crippen molar-refractivity contribution >= 4 is 46.4 Å². The first-order chi connectivity index (χ1) is 27.1. The van der Waals surface area contributed by atoms with Gasteiger partial charge in [-0.25, -0.2) is 0 Å². The predicted octanol–water partition coefficient (Wildman–Crippen LogP) is 5.92. The molecular weight excluding hydrogens is 722 g/mol. The number of imide groups is 1. The van der Waals surface area contributed by atoms with Gasteiger partial charge in [-0.1, -0.05) is 29.7 Å². The van der Waals surface area contributed by atoms with E-state index in [1.165, 1.54) is 17.8 Å². The molecule has 3 amide bonds. The maximum absolute atomic E-state index is 13.6. The molecule has 56 heavy (non-hydrogen) atoms. The number of terminal acetylenes is 1. The Labute approximate surface area is 337 Å². The van der Waals surface area contributed by atoms with Gasteiger partial charge in [0.15, 0.2) is 0 Å². The van der Waals surface area contributed by atoms with Crippen molar-refractivity contribution in [3.05, 3.63) is 77.0 Å². The molecule has 296 valence electrons. The topological polar surface area (TPSA) is 91.5 Å². The number of piperidine rings is 3.